The number of rotatable bonds is 4. The van der Waals surface area contributed by atoms with Crippen LogP contribution >= 0.6 is 11.3 Å². The van der Waals surface area contributed by atoms with E-state index in [1.165, 1.54) is 5.56 Å². The highest BCUT2D eigenvalue weighted by Crippen LogP contribution is 2.06. The lowest BCUT2D eigenvalue weighted by atomic mass is 10.4. The van der Waals surface area contributed by atoms with Crippen molar-refractivity contribution < 1.29 is 9.84 Å². The molecule has 0 bridgehead atoms. The van der Waals surface area contributed by atoms with Crippen LogP contribution in [0, 0.1) is 0 Å². The maximum atomic E-state index is 8.37. The Kier molecular flexibility index (Phi) is 3.43. The van der Waals surface area contributed by atoms with Crippen LogP contribution in [-0.2, 0) is 11.3 Å². The second-order valence-electron chi connectivity index (χ2n) is 1.91. The van der Waals surface area contributed by atoms with Crippen molar-refractivity contribution in [3.05, 3.63) is 22.4 Å². The second kappa shape index (κ2) is 4.44. The summed E-state index contributed by atoms with van der Waals surface area (Å²) in [6.07, 6.45) is 0. The summed E-state index contributed by atoms with van der Waals surface area (Å²) in [7, 11) is 0. The van der Waals surface area contributed by atoms with E-state index in [0.29, 0.717) is 13.2 Å². The summed E-state index contributed by atoms with van der Waals surface area (Å²) in [5, 5.41) is 12.4. The third kappa shape index (κ3) is 2.47. The lowest BCUT2D eigenvalue weighted by molar-refractivity contribution is 0.0817. The minimum absolute atomic E-state index is 0.101. The first-order chi connectivity index (χ1) is 4.93. The molecule has 0 fully saturated rings. The fourth-order valence-electron chi connectivity index (χ4n) is 0.629. The number of ether oxygens (including phenoxy) is 1. The van der Waals surface area contributed by atoms with E-state index in [1.54, 1.807) is 11.3 Å². The average Bonchev–Trinajstić information content (AvgIpc) is 2.41. The number of hydrogen-bond acceptors (Lipinski definition) is 3. The van der Waals surface area contributed by atoms with Crippen molar-refractivity contribution in [3.63, 3.8) is 0 Å². The predicted molar refractivity (Wildman–Crippen MR) is 41.1 cm³/mol. The Bertz CT molecular complexity index is 160. The van der Waals surface area contributed by atoms with Crippen molar-refractivity contribution in [1.82, 2.24) is 0 Å². The summed E-state index contributed by atoms with van der Waals surface area (Å²) in [6, 6.07) is 2.02. The molecule has 1 rings (SSSR count). The van der Waals surface area contributed by atoms with Crippen molar-refractivity contribution in [3.8, 4) is 0 Å². The molecule has 10 heavy (non-hydrogen) atoms. The zero-order chi connectivity index (χ0) is 7.23. The van der Waals surface area contributed by atoms with E-state index in [-0.39, 0.29) is 6.61 Å². The Morgan fingerprint density at radius 3 is 3.10 bits per heavy atom. The molecule has 0 aliphatic carbocycles. The van der Waals surface area contributed by atoms with Gasteiger partial charge in [0.1, 0.15) is 0 Å². The van der Waals surface area contributed by atoms with Gasteiger partial charge in [0.15, 0.2) is 0 Å². The summed E-state index contributed by atoms with van der Waals surface area (Å²) >= 11 is 1.66. The third-order valence-electron chi connectivity index (χ3n) is 1.08. The van der Waals surface area contributed by atoms with Gasteiger partial charge in [-0.15, -0.1) is 0 Å². The molecule has 0 saturated carbocycles. The van der Waals surface area contributed by atoms with Crippen LogP contribution in [0.5, 0.6) is 0 Å². The molecule has 0 unspecified atom stereocenters. The average molecular weight is 158 g/mol. The maximum Gasteiger partial charge on any atom is 0.0726 e. The molecule has 2 nitrogen and oxygen atoms in total. The lowest BCUT2D eigenvalue weighted by Crippen LogP contribution is -1.97. The maximum absolute atomic E-state index is 8.37. The first-order valence-corrected chi connectivity index (χ1v) is 4.07. The van der Waals surface area contributed by atoms with E-state index in [2.05, 4.69) is 0 Å². The van der Waals surface area contributed by atoms with Crippen LogP contribution in [0.25, 0.3) is 0 Å². The number of hydrogen-bond donors (Lipinski definition) is 1. The van der Waals surface area contributed by atoms with E-state index in [1.807, 2.05) is 16.8 Å². The molecule has 0 atom stereocenters. The summed E-state index contributed by atoms with van der Waals surface area (Å²) in [4.78, 5) is 0. The van der Waals surface area contributed by atoms with Gasteiger partial charge in [0.05, 0.1) is 19.8 Å². The minimum atomic E-state index is 0.101. The Morgan fingerprint density at radius 2 is 2.50 bits per heavy atom. The quantitative estimate of drug-likeness (QED) is 0.668. The van der Waals surface area contributed by atoms with E-state index in [4.69, 9.17) is 9.84 Å². The monoisotopic (exact) mass is 158 g/mol. The first-order valence-electron chi connectivity index (χ1n) is 3.13. The second-order valence-corrected chi connectivity index (χ2v) is 2.69. The van der Waals surface area contributed by atoms with Gasteiger partial charge in [0, 0.05) is 0 Å². The molecule has 0 amide bonds. The fourth-order valence-corrected chi connectivity index (χ4v) is 1.28. The summed E-state index contributed by atoms with van der Waals surface area (Å²) in [5.74, 6) is 0. The molecular formula is C7H10O2S. The van der Waals surface area contributed by atoms with Gasteiger partial charge in [-0.2, -0.15) is 11.3 Å². The molecule has 0 aromatic carbocycles. The zero-order valence-electron chi connectivity index (χ0n) is 5.62. The van der Waals surface area contributed by atoms with Crippen LogP contribution in [-0.4, -0.2) is 18.3 Å². The highest BCUT2D eigenvalue weighted by atomic mass is 32.1. The molecule has 0 saturated heterocycles. The molecule has 3 heteroatoms. The van der Waals surface area contributed by atoms with Gasteiger partial charge in [-0.05, 0) is 22.4 Å². The number of thiophene rings is 1. The number of aliphatic hydroxyl groups excluding tert-OH is 1. The molecule has 1 heterocycles. The van der Waals surface area contributed by atoms with Gasteiger partial charge in [0.2, 0.25) is 0 Å². The van der Waals surface area contributed by atoms with Crippen LogP contribution in [0.15, 0.2) is 16.8 Å². The first kappa shape index (κ1) is 7.72. The van der Waals surface area contributed by atoms with Crippen molar-refractivity contribution in [2.75, 3.05) is 13.2 Å². The summed E-state index contributed by atoms with van der Waals surface area (Å²) < 4.78 is 5.08. The highest BCUT2D eigenvalue weighted by Gasteiger charge is 1.90. The molecule has 0 aliphatic rings. The van der Waals surface area contributed by atoms with Crippen LogP contribution in [0.2, 0.25) is 0 Å². The topological polar surface area (TPSA) is 29.5 Å². The van der Waals surface area contributed by atoms with Gasteiger partial charge in [-0.25, -0.2) is 0 Å². The van der Waals surface area contributed by atoms with Crippen molar-refractivity contribution >= 4 is 11.3 Å². The van der Waals surface area contributed by atoms with E-state index in [9.17, 15) is 0 Å². The SMILES string of the molecule is OCCOCc1ccsc1. The van der Waals surface area contributed by atoms with Gasteiger partial charge in [-0.1, -0.05) is 0 Å². The van der Waals surface area contributed by atoms with Crippen LogP contribution < -0.4 is 0 Å². The third-order valence-corrected chi connectivity index (χ3v) is 1.82. The Balaban J connectivity index is 2.15. The van der Waals surface area contributed by atoms with Gasteiger partial charge >= 0.3 is 0 Å². The van der Waals surface area contributed by atoms with Crippen molar-refractivity contribution in [2.24, 2.45) is 0 Å². The van der Waals surface area contributed by atoms with Crippen LogP contribution in [0.3, 0.4) is 0 Å². The van der Waals surface area contributed by atoms with Gasteiger partial charge in [0.25, 0.3) is 0 Å². The largest absolute Gasteiger partial charge is 0.394 e. The molecule has 1 aromatic heterocycles. The molecule has 0 radical (unpaired) electrons. The van der Waals surface area contributed by atoms with E-state index < -0.39 is 0 Å². The van der Waals surface area contributed by atoms with E-state index in [0.717, 1.165) is 0 Å². The van der Waals surface area contributed by atoms with E-state index >= 15 is 0 Å². The van der Waals surface area contributed by atoms with Crippen LogP contribution in [0.4, 0.5) is 0 Å². The lowest BCUT2D eigenvalue weighted by Gasteiger charge is -1.97. The molecule has 0 spiro atoms. The molecule has 1 aromatic rings. The molecule has 56 valence electrons. The predicted octanol–water partition coefficient (Wildman–Crippen LogP) is 1.26. The Hall–Kier alpha value is -0.380. The molecular weight excluding hydrogens is 148 g/mol. The fraction of sp³-hybridized carbons (Fsp3) is 0.429. The summed E-state index contributed by atoms with van der Waals surface area (Å²) in [5.41, 5.74) is 1.18. The summed E-state index contributed by atoms with van der Waals surface area (Å²) in [6.45, 7) is 1.14. The zero-order valence-corrected chi connectivity index (χ0v) is 6.43. The standard InChI is InChI=1S/C7H10O2S/c8-2-3-9-5-7-1-4-10-6-7/h1,4,6,8H,2-3,5H2. The van der Waals surface area contributed by atoms with Crippen LogP contribution in [0.1, 0.15) is 5.56 Å². The van der Waals surface area contributed by atoms with Gasteiger partial charge < -0.3 is 9.84 Å². The van der Waals surface area contributed by atoms with Crippen molar-refractivity contribution in [2.45, 2.75) is 6.61 Å². The number of aliphatic hydroxyl groups is 1. The molecule has 1 N–H and O–H groups in total. The Morgan fingerprint density at radius 1 is 1.60 bits per heavy atom. The highest BCUT2D eigenvalue weighted by molar-refractivity contribution is 7.07. The van der Waals surface area contributed by atoms with Crippen molar-refractivity contribution in [1.29, 1.82) is 0 Å². The molecule has 0 aliphatic heterocycles. The minimum Gasteiger partial charge on any atom is -0.394 e. The smallest absolute Gasteiger partial charge is 0.0726 e. The normalized spacial score (nSPS) is 10.1. The van der Waals surface area contributed by atoms with Gasteiger partial charge in [-0.3, -0.25) is 0 Å². The Labute approximate surface area is 64.1 Å².